The van der Waals surface area contributed by atoms with Crippen molar-refractivity contribution in [3.8, 4) is 11.5 Å². The second-order valence-corrected chi connectivity index (χ2v) is 6.24. The number of nitrogens with two attached hydrogens (primary N) is 1. The first kappa shape index (κ1) is 19.8. The number of aliphatic hydroxyl groups excluding tert-OH is 1. The Labute approximate surface area is 153 Å². The lowest BCUT2D eigenvalue weighted by Crippen LogP contribution is -2.39. The van der Waals surface area contributed by atoms with Crippen LogP contribution in [0.2, 0.25) is 0 Å². The van der Waals surface area contributed by atoms with E-state index in [1.807, 2.05) is 38.1 Å². The number of benzene rings is 2. The fourth-order valence-corrected chi connectivity index (χ4v) is 2.30. The highest BCUT2D eigenvalue weighted by atomic mass is 16.5. The number of ether oxygens (including phenoxy) is 2. The van der Waals surface area contributed by atoms with E-state index in [9.17, 15) is 9.90 Å². The molecular formula is C20H26N2O4. The highest BCUT2D eigenvalue weighted by molar-refractivity contribution is 5.92. The molecule has 0 aliphatic rings. The number of rotatable bonds is 10. The molecule has 0 saturated carbocycles. The molecule has 2 rings (SSSR count). The van der Waals surface area contributed by atoms with E-state index in [-0.39, 0.29) is 12.6 Å². The number of aryl methyl sites for hydroxylation is 1. The topological polar surface area (TPSA) is 93.8 Å². The molecule has 0 saturated heterocycles. The van der Waals surface area contributed by atoms with E-state index < -0.39 is 12.0 Å². The van der Waals surface area contributed by atoms with Gasteiger partial charge in [0.15, 0.2) is 0 Å². The zero-order chi connectivity index (χ0) is 18.9. The highest BCUT2D eigenvalue weighted by Gasteiger charge is 2.10. The molecule has 0 radical (unpaired) electrons. The number of para-hydroxylation sites is 1. The van der Waals surface area contributed by atoms with Gasteiger partial charge in [-0.1, -0.05) is 18.2 Å². The predicted octanol–water partition coefficient (Wildman–Crippen LogP) is 1.89. The zero-order valence-electron chi connectivity index (χ0n) is 15.1. The zero-order valence-corrected chi connectivity index (χ0v) is 15.1. The molecule has 0 aliphatic heterocycles. The molecule has 0 heterocycles. The van der Waals surface area contributed by atoms with Crippen LogP contribution in [0.25, 0.3) is 0 Å². The van der Waals surface area contributed by atoms with Gasteiger partial charge in [0, 0.05) is 18.2 Å². The first-order chi connectivity index (χ1) is 12.5. The van der Waals surface area contributed by atoms with E-state index in [1.54, 1.807) is 24.3 Å². The first-order valence-electron chi connectivity index (χ1n) is 8.58. The number of carbonyl (C=O) groups is 1. The molecule has 0 fully saturated rings. The predicted molar refractivity (Wildman–Crippen MR) is 101 cm³/mol. The summed E-state index contributed by atoms with van der Waals surface area (Å²) >= 11 is 0. The summed E-state index contributed by atoms with van der Waals surface area (Å²) < 4.78 is 11.3. The standard InChI is InChI=1S/C20H26N2O4/c1-14-5-3-4-6-19(14)26-13-17(23)11-22-15(2)12-25-18-9-7-16(8-10-18)20(21)24/h3-10,15,17,22-23H,11-13H2,1-2H3,(H2,21,24)/t15-,17+/m0/s1. The second-order valence-electron chi connectivity index (χ2n) is 6.24. The Bertz CT molecular complexity index is 703. The Balaban J connectivity index is 1.66. The normalized spacial score (nSPS) is 13.0. The highest BCUT2D eigenvalue weighted by Crippen LogP contribution is 2.16. The third kappa shape index (κ3) is 6.38. The lowest BCUT2D eigenvalue weighted by atomic mass is 10.2. The van der Waals surface area contributed by atoms with Crippen molar-refractivity contribution < 1.29 is 19.4 Å². The van der Waals surface area contributed by atoms with Crippen LogP contribution in [0.15, 0.2) is 48.5 Å². The van der Waals surface area contributed by atoms with Gasteiger partial charge < -0.3 is 25.6 Å². The monoisotopic (exact) mass is 358 g/mol. The number of aliphatic hydroxyl groups is 1. The maximum atomic E-state index is 11.0. The maximum absolute atomic E-state index is 11.0. The van der Waals surface area contributed by atoms with Crippen LogP contribution in [0.5, 0.6) is 11.5 Å². The molecule has 26 heavy (non-hydrogen) atoms. The van der Waals surface area contributed by atoms with E-state index in [0.29, 0.717) is 24.5 Å². The number of primary amides is 1. The number of amides is 1. The van der Waals surface area contributed by atoms with Gasteiger partial charge in [0.25, 0.3) is 0 Å². The van der Waals surface area contributed by atoms with Gasteiger partial charge >= 0.3 is 0 Å². The molecule has 1 amide bonds. The minimum absolute atomic E-state index is 0.0407. The molecule has 140 valence electrons. The lowest BCUT2D eigenvalue weighted by Gasteiger charge is -2.18. The van der Waals surface area contributed by atoms with Gasteiger partial charge in [0.2, 0.25) is 5.91 Å². The van der Waals surface area contributed by atoms with Crippen molar-refractivity contribution in [2.24, 2.45) is 5.73 Å². The van der Waals surface area contributed by atoms with Crippen molar-refractivity contribution in [1.29, 1.82) is 0 Å². The van der Waals surface area contributed by atoms with Crippen molar-refractivity contribution in [3.05, 3.63) is 59.7 Å². The van der Waals surface area contributed by atoms with Crippen LogP contribution < -0.4 is 20.5 Å². The van der Waals surface area contributed by atoms with Crippen LogP contribution in [-0.2, 0) is 0 Å². The molecule has 0 aliphatic carbocycles. The van der Waals surface area contributed by atoms with Crippen molar-refractivity contribution in [2.75, 3.05) is 19.8 Å². The van der Waals surface area contributed by atoms with Crippen molar-refractivity contribution in [3.63, 3.8) is 0 Å². The third-order valence-electron chi connectivity index (χ3n) is 3.87. The Kier molecular flexibility index (Phi) is 7.44. The van der Waals surface area contributed by atoms with E-state index in [1.165, 1.54) is 0 Å². The average Bonchev–Trinajstić information content (AvgIpc) is 2.64. The molecule has 2 aromatic carbocycles. The second kappa shape index (κ2) is 9.79. The van der Waals surface area contributed by atoms with Crippen molar-refractivity contribution in [1.82, 2.24) is 5.32 Å². The van der Waals surface area contributed by atoms with Gasteiger partial charge in [-0.3, -0.25) is 4.79 Å². The van der Waals surface area contributed by atoms with Crippen LogP contribution in [0.4, 0.5) is 0 Å². The van der Waals surface area contributed by atoms with Crippen LogP contribution in [0, 0.1) is 6.92 Å². The summed E-state index contributed by atoms with van der Waals surface area (Å²) in [5.74, 6) is 0.975. The Morgan fingerprint density at radius 1 is 1.12 bits per heavy atom. The summed E-state index contributed by atoms with van der Waals surface area (Å²) in [4.78, 5) is 11.0. The Morgan fingerprint density at radius 3 is 2.46 bits per heavy atom. The number of carbonyl (C=O) groups excluding carboxylic acids is 1. The fraction of sp³-hybridized carbons (Fsp3) is 0.350. The molecule has 2 aromatic rings. The van der Waals surface area contributed by atoms with Gasteiger partial charge in [-0.15, -0.1) is 0 Å². The summed E-state index contributed by atoms with van der Waals surface area (Å²) in [6.45, 7) is 4.99. The van der Waals surface area contributed by atoms with E-state index in [2.05, 4.69) is 5.32 Å². The molecule has 2 atom stereocenters. The number of hydrogen-bond donors (Lipinski definition) is 3. The Morgan fingerprint density at radius 2 is 1.81 bits per heavy atom. The largest absolute Gasteiger partial charge is 0.492 e. The molecular weight excluding hydrogens is 332 g/mol. The molecule has 4 N–H and O–H groups in total. The quantitative estimate of drug-likeness (QED) is 0.603. The van der Waals surface area contributed by atoms with E-state index in [0.717, 1.165) is 11.3 Å². The summed E-state index contributed by atoms with van der Waals surface area (Å²) in [5, 5.41) is 13.2. The van der Waals surface area contributed by atoms with Crippen LogP contribution in [0.1, 0.15) is 22.8 Å². The average molecular weight is 358 g/mol. The van der Waals surface area contributed by atoms with Crippen LogP contribution in [0.3, 0.4) is 0 Å². The van der Waals surface area contributed by atoms with E-state index in [4.69, 9.17) is 15.2 Å². The summed E-state index contributed by atoms with van der Waals surface area (Å²) in [7, 11) is 0. The maximum Gasteiger partial charge on any atom is 0.248 e. The summed E-state index contributed by atoms with van der Waals surface area (Å²) in [6.07, 6.45) is -0.619. The Hall–Kier alpha value is -2.57. The van der Waals surface area contributed by atoms with Gasteiger partial charge in [0.05, 0.1) is 0 Å². The van der Waals surface area contributed by atoms with Crippen molar-refractivity contribution >= 4 is 5.91 Å². The number of hydrogen-bond acceptors (Lipinski definition) is 5. The minimum atomic E-state index is -0.619. The van der Waals surface area contributed by atoms with Gasteiger partial charge in [0.1, 0.15) is 30.8 Å². The van der Waals surface area contributed by atoms with Crippen LogP contribution in [-0.4, -0.2) is 42.9 Å². The van der Waals surface area contributed by atoms with E-state index >= 15 is 0 Å². The smallest absolute Gasteiger partial charge is 0.248 e. The molecule has 0 spiro atoms. The minimum Gasteiger partial charge on any atom is -0.492 e. The van der Waals surface area contributed by atoms with Crippen LogP contribution >= 0.6 is 0 Å². The summed E-state index contributed by atoms with van der Waals surface area (Å²) in [5.41, 5.74) is 6.68. The molecule has 6 nitrogen and oxygen atoms in total. The van der Waals surface area contributed by atoms with Gasteiger partial charge in [-0.2, -0.15) is 0 Å². The first-order valence-corrected chi connectivity index (χ1v) is 8.58. The molecule has 0 aromatic heterocycles. The lowest BCUT2D eigenvalue weighted by molar-refractivity contribution is 0.1000. The van der Waals surface area contributed by atoms with Gasteiger partial charge in [-0.25, -0.2) is 0 Å². The van der Waals surface area contributed by atoms with Crippen molar-refractivity contribution in [2.45, 2.75) is 26.0 Å². The third-order valence-corrected chi connectivity index (χ3v) is 3.87. The molecule has 0 unspecified atom stereocenters. The molecule has 0 bridgehead atoms. The van der Waals surface area contributed by atoms with Gasteiger partial charge in [-0.05, 0) is 49.7 Å². The molecule has 6 heteroatoms. The summed E-state index contributed by atoms with van der Waals surface area (Å²) in [6, 6.07) is 14.4. The fourth-order valence-electron chi connectivity index (χ4n) is 2.30. The SMILES string of the molecule is Cc1ccccc1OC[C@H](O)CN[C@@H](C)COc1ccc(C(N)=O)cc1. The number of nitrogens with one attached hydrogen (secondary N) is 1.